The van der Waals surface area contributed by atoms with Gasteiger partial charge in [-0.15, -0.1) is 0 Å². The molecule has 0 saturated carbocycles. The Labute approximate surface area is 173 Å². The molecule has 0 aromatic heterocycles. The van der Waals surface area contributed by atoms with Crippen molar-refractivity contribution in [2.24, 2.45) is 5.92 Å². The van der Waals surface area contributed by atoms with Crippen LogP contribution in [0.5, 0.6) is 0 Å². The van der Waals surface area contributed by atoms with Crippen LogP contribution in [0.1, 0.15) is 51.9 Å². The van der Waals surface area contributed by atoms with E-state index in [1.807, 2.05) is 64.1 Å². The summed E-state index contributed by atoms with van der Waals surface area (Å²) in [5.41, 5.74) is 4.93. The molecule has 4 heteroatoms. The summed E-state index contributed by atoms with van der Waals surface area (Å²) < 4.78 is 5.39. The van der Waals surface area contributed by atoms with Gasteiger partial charge in [0.2, 0.25) is 0 Å². The molecule has 0 unspecified atom stereocenters. The molecule has 0 fully saturated rings. The highest BCUT2D eigenvalue weighted by Crippen LogP contribution is 2.35. The van der Waals surface area contributed by atoms with Crippen molar-refractivity contribution in [1.82, 2.24) is 5.32 Å². The van der Waals surface area contributed by atoms with Crippen molar-refractivity contribution in [3.8, 4) is 0 Å². The van der Waals surface area contributed by atoms with E-state index in [0.29, 0.717) is 18.6 Å². The summed E-state index contributed by atoms with van der Waals surface area (Å²) in [6, 6.07) is 13.7. The van der Waals surface area contributed by atoms with Crippen LogP contribution in [-0.2, 0) is 9.53 Å². The Balaban J connectivity index is 1.76. The van der Waals surface area contributed by atoms with Gasteiger partial charge in [0.1, 0.15) is 0 Å². The molecule has 1 aliphatic rings. The van der Waals surface area contributed by atoms with Gasteiger partial charge in [-0.05, 0) is 57.7 Å². The SMILES string of the molecule is CCOC(=O)[C@H](c1cc(C)cc(C)c1)[C@@H]1C=C[C@H](NC(=O)c2cccc(C)c2)C1. The number of amides is 1. The number of allylic oxidation sites excluding steroid dienone is 1. The number of ether oxygens (including phenoxy) is 1. The van der Waals surface area contributed by atoms with E-state index in [1.54, 1.807) is 0 Å². The van der Waals surface area contributed by atoms with Crippen LogP contribution in [0.2, 0.25) is 0 Å². The Kier molecular flexibility index (Phi) is 6.53. The van der Waals surface area contributed by atoms with Crippen LogP contribution in [0.25, 0.3) is 0 Å². The van der Waals surface area contributed by atoms with Crippen molar-refractivity contribution < 1.29 is 14.3 Å². The molecule has 4 nitrogen and oxygen atoms in total. The first kappa shape index (κ1) is 20.8. The van der Waals surface area contributed by atoms with Crippen molar-refractivity contribution in [2.45, 2.75) is 46.1 Å². The number of aryl methyl sites for hydroxylation is 3. The first-order valence-corrected chi connectivity index (χ1v) is 10.2. The maximum Gasteiger partial charge on any atom is 0.314 e. The molecule has 0 spiro atoms. The number of esters is 1. The molecule has 3 rings (SSSR count). The van der Waals surface area contributed by atoms with Gasteiger partial charge in [0.05, 0.1) is 12.5 Å². The summed E-state index contributed by atoms with van der Waals surface area (Å²) in [4.78, 5) is 25.4. The average molecular weight is 392 g/mol. The van der Waals surface area contributed by atoms with Gasteiger partial charge in [-0.25, -0.2) is 0 Å². The normalized spacial score (nSPS) is 19.0. The molecule has 2 aromatic carbocycles. The molecular weight excluding hydrogens is 362 g/mol. The second kappa shape index (κ2) is 9.08. The lowest BCUT2D eigenvalue weighted by atomic mass is 9.84. The van der Waals surface area contributed by atoms with E-state index in [9.17, 15) is 9.59 Å². The summed E-state index contributed by atoms with van der Waals surface area (Å²) in [7, 11) is 0. The van der Waals surface area contributed by atoms with Crippen LogP contribution in [0.4, 0.5) is 0 Å². The average Bonchev–Trinajstić information content (AvgIpc) is 3.09. The second-order valence-corrected chi connectivity index (χ2v) is 7.88. The van der Waals surface area contributed by atoms with Crippen LogP contribution in [0.15, 0.2) is 54.6 Å². The Morgan fingerprint density at radius 2 is 1.76 bits per heavy atom. The van der Waals surface area contributed by atoms with Gasteiger partial charge in [0.15, 0.2) is 0 Å². The largest absolute Gasteiger partial charge is 0.466 e. The number of nitrogens with one attached hydrogen (secondary N) is 1. The minimum atomic E-state index is -0.370. The minimum Gasteiger partial charge on any atom is -0.466 e. The van der Waals surface area contributed by atoms with Gasteiger partial charge in [-0.1, -0.05) is 59.2 Å². The molecule has 1 aliphatic carbocycles. The summed E-state index contributed by atoms with van der Waals surface area (Å²) in [5.74, 6) is -0.690. The van der Waals surface area contributed by atoms with Crippen molar-refractivity contribution in [3.05, 3.63) is 82.4 Å². The van der Waals surface area contributed by atoms with Crippen LogP contribution < -0.4 is 5.32 Å². The number of carbonyl (C=O) groups is 2. The Hall–Kier alpha value is -2.88. The molecule has 0 saturated heterocycles. The number of rotatable bonds is 6. The molecule has 0 radical (unpaired) electrons. The molecule has 2 aromatic rings. The zero-order valence-corrected chi connectivity index (χ0v) is 17.6. The van der Waals surface area contributed by atoms with Crippen molar-refractivity contribution in [3.63, 3.8) is 0 Å². The lowest BCUT2D eigenvalue weighted by molar-refractivity contribution is -0.146. The lowest BCUT2D eigenvalue weighted by Crippen LogP contribution is -2.34. The van der Waals surface area contributed by atoms with Crippen LogP contribution in [0, 0.1) is 26.7 Å². The molecule has 3 atom stereocenters. The summed E-state index contributed by atoms with van der Waals surface area (Å²) in [6.45, 7) is 8.22. The van der Waals surface area contributed by atoms with E-state index in [-0.39, 0.29) is 29.8 Å². The highest BCUT2D eigenvalue weighted by Gasteiger charge is 2.34. The fourth-order valence-electron chi connectivity index (χ4n) is 4.10. The molecule has 0 bridgehead atoms. The summed E-state index contributed by atoms with van der Waals surface area (Å²) in [6.07, 6.45) is 4.71. The van der Waals surface area contributed by atoms with E-state index in [2.05, 4.69) is 23.5 Å². The monoisotopic (exact) mass is 391 g/mol. The summed E-state index contributed by atoms with van der Waals surface area (Å²) >= 11 is 0. The maximum atomic E-state index is 12.8. The zero-order chi connectivity index (χ0) is 21.0. The predicted molar refractivity (Wildman–Crippen MR) is 115 cm³/mol. The van der Waals surface area contributed by atoms with Crippen molar-refractivity contribution >= 4 is 11.9 Å². The van der Waals surface area contributed by atoms with Crippen molar-refractivity contribution in [2.75, 3.05) is 6.61 Å². The van der Waals surface area contributed by atoms with Gasteiger partial charge >= 0.3 is 5.97 Å². The number of hydrogen-bond donors (Lipinski definition) is 1. The fourth-order valence-corrected chi connectivity index (χ4v) is 4.10. The molecule has 1 N–H and O–H groups in total. The van der Waals surface area contributed by atoms with E-state index in [1.165, 1.54) is 0 Å². The number of benzene rings is 2. The molecular formula is C25H29NO3. The summed E-state index contributed by atoms with van der Waals surface area (Å²) in [5, 5.41) is 3.07. The third-order valence-corrected chi connectivity index (χ3v) is 5.29. The smallest absolute Gasteiger partial charge is 0.314 e. The second-order valence-electron chi connectivity index (χ2n) is 7.88. The Morgan fingerprint density at radius 3 is 2.41 bits per heavy atom. The molecule has 29 heavy (non-hydrogen) atoms. The standard InChI is InChI=1S/C25H29NO3/c1-5-29-25(28)23(21-13-17(3)11-18(4)14-21)19-9-10-22(15-19)26-24(27)20-8-6-7-16(2)12-20/h6-14,19,22-23H,5,15H2,1-4H3,(H,26,27)/t19-,22+,23+/m1/s1. The predicted octanol–water partition coefficient (Wildman–Crippen LogP) is 4.63. The fraction of sp³-hybridized carbons (Fsp3) is 0.360. The van der Waals surface area contributed by atoms with Crippen LogP contribution >= 0.6 is 0 Å². The van der Waals surface area contributed by atoms with E-state index in [0.717, 1.165) is 22.3 Å². The van der Waals surface area contributed by atoms with E-state index < -0.39 is 0 Å². The van der Waals surface area contributed by atoms with Crippen LogP contribution in [-0.4, -0.2) is 24.5 Å². The first-order chi connectivity index (χ1) is 13.9. The topological polar surface area (TPSA) is 55.4 Å². The quantitative estimate of drug-likeness (QED) is 0.577. The number of hydrogen-bond acceptors (Lipinski definition) is 3. The Bertz CT molecular complexity index is 911. The van der Waals surface area contributed by atoms with Gasteiger partial charge in [0, 0.05) is 11.6 Å². The zero-order valence-electron chi connectivity index (χ0n) is 17.6. The first-order valence-electron chi connectivity index (χ1n) is 10.2. The van der Waals surface area contributed by atoms with Gasteiger partial charge in [0.25, 0.3) is 5.91 Å². The van der Waals surface area contributed by atoms with Crippen LogP contribution in [0.3, 0.4) is 0 Å². The third kappa shape index (κ3) is 5.14. The van der Waals surface area contributed by atoms with E-state index >= 15 is 0 Å². The van der Waals surface area contributed by atoms with Gasteiger partial charge in [-0.2, -0.15) is 0 Å². The molecule has 0 heterocycles. The highest BCUT2D eigenvalue weighted by atomic mass is 16.5. The molecule has 0 aliphatic heterocycles. The number of carbonyl (C=O) groups excluding carboxylic acids is 2. The lowest BCUT2D eigenvalue weighted by Gasteiger charge is -2.23. The maximum absolute atomic E-state index is 12.8. The minimum absolute atomic E-state index is 0.0157. The van der Waals surface area contributed by atoms with Gasteiger partial charge < -0.3 is 10.1 Å². The highest BCUT2D eigenvalue weighted by molar-refractivity contribution is 5.94. The molecule has 1 amide bonds. The van der Waals surface area contributed by atoms with Crippen molar-refractivity contribution in [1.29, 1.82) is 0 Å². The molecule has 152 valence electrons. The van der Waals surface area contributed by atoms with E-state index in [4.69, 9.17) is 4.74 Å². The van der Waals surface area contributed by atoms with Gasteiger partial charge in [-0.3, -0.25) is 9.59 Å². The Morgan fingerprint density at radius 1 is 1.03 bits per heavy atom. The third-order valence-electron chi connectivity index (χ3n) is 5.29.